The third-order valence-electron chi connectivity index (χ3n) is 2.58. The van der Waals surface area contributed by atoms with Crippen LogP contribution in [0, 0.1) is 0 Å². The molecule has 1 rings (SSSR count). The monoisotopic (exact) mass is 235 g/mol. The summed E-state index contributed by atoms with van der Waals surface area (Å²) in [6.07, 6.45) is 1.65. The molecule has 0 aliphatic heterocycles. The van der Waals surface area contributed by atoms with Crippen LogP contribution in [-0.2, 0) is 9.59 Å². The zero-order chi connectivity index (χ0) is 12.7. The fourth-order valence-corrected chi connectivity index (χ4v) is 1.70. The molecule has 0 aliphatic rings. The van der Waals surface area contributed by atoms with Gasteiger partial charge in [-0.05, 0) is 24.9 Å². The van der Waals surface area contributed by atoms with Crippen molar-refractivity contribution < 1.29 is 14.7 Å². The Balaban J connectivity index is 2.73. The van der Waals surface area contributed by atoms with E-state index in [1.54, 1.807) is 30.3 Å². The lowest BCUT2D eigenvalue weighted by molar-refractivity contribution is -0.142. The summed E-state index contributed by atoms with van der Waals surface area (Å²) in [4.78, 5) is 23.0. The van der Waals surface area contributed by atoms with Gasteiger partial charge in [0.15, 0.2) is 5.78 Å². The van der Waals surface area contributed by atoms with Crippen molar-refractivity contribution in [2.45, 2.75) is 25.2 Å². The molecule has 0 heterocycles. The van der Waals surface area contributed by atoms with Gasteiger partial charge in [-0.25, -0.2) is 0 Å². The van der Waals surface area contributed by atoms with E-state index in [0.717, 1.165) is 6.42 Å². The van der Waals surface area contributed by atoms with Gasteiger partial charge in [-0.15, -0.1) is 0 Å². The Morgan fingerprint density at radius 2 is 1.82 bits per heavy atom. The van der Waals surface area contributed by atoms with Crippen LogP contribution in [0.2, 0.25) is 0 Å². The third kappa shape index (κ3) is 4.00. The molecule has 0 saturated heterocycles. The minimum atomic E-state index is -1.09. The molecule has 1 aromatic carbocycles. The average molecular weight is 235 g/mol. The number of hydrogen-bond acceptors (Lipinski definition) is 3. The van der Waals surface area contributed by atoms with E-state index in [9.17, 15) is 9.59 Å². The second-order valence-electron chi connectivity index (χ2n) is 3.89. The van der Waals surface area contributed by atoms with Gasteiger partial charge in [0, 0.05) is 6.42 Å². The Morgan fingerprint density at radius 3 is 2.35 bits per heavy atom. The number of nitrogens with two attached hydrogens (primary N) is 1. The number of Topliss-reactive ketones (excluding diaryl/α,β-unsaturated/α-hetero) is 1. The molecule has 1 aromatic rings. The fourth-order valence-electron chi connectivity index (χ4n) is 1.70. The number of unbranched alkanes of at least 4 members (excludes halogenated alkanes) is 1. The van der Waals surface area contributed by atoms with E-state index in [2.05, 4.69) is 0 Å². The Labute approximate surface area is 100 Å². The Hall–Kier alpha value is -1.68. The van der Waals surface area contributed by atoms with Crippen LogP contribution < -0.4 is 5.73 Å². The Kier molecular flexibility index (Phi) is 5.36. The summed E-state index contributed by atoms with van der Waals surface area (Å²) in [5.41, 5.74) is 5.87. The first-order valence-corrected chi connectivity index (χ1v) is 5.67. The first-order chi connectivity index (χ1) is 8.16. The van der Waals surface area contributed by atoms with Gasteiger partial charge in [-0.2, -0.15) is 0 Å². The molecule has 0 spiro atoms. The zero-order valence-electron chi connectivity index (χ0n) is 9.63. The summed E-state index contributed by atoms with van der Waals surface area (Å²) in [6.45, 7) is 0.524. The highest BCUT2D eigenvalue weighted by Gasteiger charge is 2.26. The molecule has 0 aliphatic carbocycles. The van der Waals surface area contributed by atoms with Crippen LogP contribution in [0.1, 0.15) is 30.7 Å². The smallest absolute Gasteiger partial charge is 0.318 e. The number of benzene rings is 1. The normalized spacial score (nSPS) is 12.1. The largest absolute Gasteiger partial charge is 0.480 e. The maximum Gasteiger partial charge on any atom is 0.318 e. The number of carbonyl (C=O) groups excluding carboxylic acids is 1. The second kappa shape index (κ2) is 6.81. The quantitative estimate of drug-likeness (QED) is 0.555. The van der Waals surface area contributed by atoms with Gasteiger partial charge in [0.25, 0.3) is 0 Å². The Morgan fingerprint density at radius 1 is 1.18 bits per heavy atom. The van der Waals surface area contributed by atoms with E-state index in [1.165, 1.54) is 0 Å². The fraction of sp³-hybridized carbons (Fsp3) is 0.385. The summed E-state index contributed by atoms with van der Waals surface area (Å²) in [5, 5.41) is 9.11. The van der Waals surface area contributed by atoms with Crippen molar-refractivity contribution in [3.63, 3.8) is 0 Å². The molecule has 17 heavy (non-hydrogen) atoms. The van der Waals surface area contributed by atoms with Crippen LogP contribution in [0.5, 0.6) is 0 Å². The summed E-state index contributed by atoms with van der Waals surface area (Å²) in [6, 6.07) is 8.59. The lowest BCUT2D eigenvalue weighted by Crippen LogP contribution is -2.21. The molecule has 0 amide bonds. The number of rotatable bonds is 7. The SMILES string of the molecule is NCCCCC(=O)C(C(=O)O)c1ccccc1. The van der Waals surface area contributed by atoms with Gasteiger partial charge >= 0.3 is 5.97 Å². The number of carboxylic acids is 1. The number of hydrogen-bond donors (Lipinski definition) is 2. The van der Waals surface area contributed by atoms with Gasteiger partial charge in [-0.1, -0.05) is 30.3 Å². The van der Waals surface area contributed by atoms with Crippen LogP contribution >= 0.6 is 0 Å². The Bertz CT molecular complexity index is 376. The first kappa shape index (κ1) is 13.4. The van der Waals surface area contributed by atoms with E-state index >= 15 is 0 Å². The van der Waals surface area contributed by atoms with E-state index in [0.29, 0.717) is 18.5 Å². The van der Waals surface area contributed by atoms with Crippen molar-refractivity contribution in [1.29, 1.82) is 0 Å². The minimum Gasteiger partial charge on any atom is -0.480 e. The van der Waals surface area contributed by atoms with E-state index < -0.39 is 11.9 Å². The van der Waals surface area contributed by atoms with Crippen LogP contribution in [-0.4, -0.2) is 23.4 Å². The van der Waals surface area contributed by atoms with Crippen LogP contribution in [0.15, 0.2) is 30.3 Å². The lowest BCUT2D eigenvalue weighted by Gasteiger charge is -2.11. The van der Waals surface area contributed by atoms with E-state index in [4.69, 9.17) is 10.8 Å². The van der Waals surface area contributed by atoms with Crippen molar-refractivity contribution in [2.24, 2.45) is 5.73 Å². The summed E-state index contributed by atoms with van der Waals surface area (Å²) < 4.78 is 0. The summed E-state index contributed by atoms with van der Waals surface area (Å²) in [7, 11) is 0. The molecular weight excluding hydrogens is 218 g/mol. The predicted molar refractivity (Wildman–Crippen MR) is 64.7 cm³/mol. The standard InChI is InChI=1S/C13H17NO3/c14-9-5-4-8-11(15)12(13(16)17)10-6-2-1-3-7-10/h1-3,6-7,12H,4-5,8-9,14H2,(H,16,17). The number of ketones is 1. The summed E-state index contributed by atoms with van der Waals surface area (Å²) in [5.74, 6) is -2.39. The molecule has 4 nitrogen and oxygen atoms in total. The maximum absolute atomic E-state index is 11.8. The molecule has 92 valence electrons. The second-order valence-corrected chi connectivity index (χ2v) is 3.89. The molecule has 0 radical (unpaired) electrons. The molecule has 0 bridgehead atoms. The molecular formula is C13H17NO3. The highest BCUT2D eigenvalue weighted by Crippen LogP contribution is 2.19. The lowest BCUT2D eigenvalue weighted by atomic mass is 9.92. The number of carbonyl (C=O) groups is 2. The van der Waals surface area contributed by atoms with Crippen LogP contribution in [0.3, 0.4) is 0 Å². The first-order valence-electron chi connectivity index (χ1n) is 5.67. The van der Waals surface area contributed by atoms with Crippen molar-refractivity contribution >= 4 is 11.8 Å². The molecule has 0 aromatic heterocycles. The van der Waals surface area contributed by atoms with Gasteiger partial charge < -0.3 is 10.8 Å². The van der Waals surface area contributed by atoms with Gasteiger partial charge in [-0.3, -0.25) is 9.59 Å². The van der Waals surface area contributed by atoms with Crippen LogP contribution in [0.4, 0.5) is 0 Å². The third-order valence-corrected chi connectivity index (χ3v) is 2.58. The molecule has 0 saturated carbocycles. The summed E-state index contributed by atoms with van der Waals surface area (Å²) >= 11 is 0. The van der Waals surface area contributed by atoms with Crippen LogP contribution in [0.25, 0.3) is 0 Å². The molecule has 4 heteroatoms. The molecule has 0 fully saturated rings. The molecule has 1 unspecified atom stereocenters. The van der Waals surface area contributed by atoms with Crippen molar-refractivity contribution in [3.8, 4) is 0 Å². The molecule has 1 atom stereocenters. The van der Waals surface area contributed by atoms with E-state index in [-0.39, 0.29) is 12.2 Å². The predicted octanol–water partition coefficient (Wildman–Crippen LogP) is 1.55. The average Bonchev–Trinajstić information content (AvgIpc) is 2.30. The number of aliphatic carboxylic acids is 1. The maximum atomic E-state index is 11.8. The van der Waals surface area contributed by atoms with Gasteiger partial charge in [0.1, 0.15) is 5.92 Å². The molecule has 3 N–H and O–H groups in total. The topological polar surface area (TPSA) is 80.4 Å². The van der Waals surface area contributed by atoms with Gasteiger partial charge in [0.2, 0.25) is 0 Å². The van der Waals surface area contributed by atoms with Crippen molar-refractivity contribution in [3.05, 3.63) is 35.9 Å². The van der Waals surface area contributed by atoms with E-state index in [1.807, 2.05) is 0 Å². The van der Waals surface area contributed by atoms with Crippen molar-refractivity contribution in [2.75, 3.05) is 6.54 Å². The highest BCUT2D eigenvalue weighted by molar-refractivity contribution is 6.03. The van der Waals surface area contributed by atoms with Crippen molar-refractivity contribution in [1.82, 2.24) is 0 Å². The minimum absolute atomic E-state index is 0.253. The number of carboxylic acid groups (broad SMARTS) is 1. The van der Waals surface area contributed by atoms with Gasteiger partial charge in [0.05, 0.1) is 0 Å². The highest BCUT2D eigenvalue weighted by atomic mass is 16.4. The zero-order valence-corrected chi connectivity index (χ0v) is 9.63.